The summed E-state index contributed by atoms with van der Waals surface area (Å²) in [4.78, 5) is 4.69. The predicted octanol–water partition coefficient (Wildman–Crippen LogP) is 3.14. The number of hydrogen-bond acceptors (Lipinski definition) is 2. The van der Waals surface area contributed by atoms with Crippen LogP contribution in [-0.2, 0) is 0 Å². The van der Waals surface area contributed by atoms with Crippen molar-refractivity contribution >= 4 is 5.84 Å². The molecule has 1 unspecified atom stereocenters. The molecule has 0 bridgehead atoms. The van der Waals surface area contributed by atoms with Crippen molar-refractivity contribution in [2.24, 2.45) is 4.99 Å². The first kappa shape index (κ1) is 16.4. The maximum absolute atomic E-state index is 9.25. The number of nitrogens with zero attached hydrogens (tertiary/aromatic N) is 2. The molecule has 3 heteroatoms. The summed E-state index contributed by atoms with van der Waals surface area (Å²) in [6.45, 7) is 8.61. The van der Waals surface area contributed by atoms with E-state index < -0.39 is 0 Å². The molecule has 0 radical (unpaired) electrons. The molecule has 0 amide bonds. The van der Waals surface area contributed by atoms with E-state index in [1.54, 1.807) is 0 Å². The van der Waals surface area contributed by atoms with E-state index in [9.17, 15) is 5.11 Å². The number of amidine groups is 1. The van der Waals surface area contributed by atoms with E-state index >= 15 is 0 Å². The third-order valence-electron chi connectivity index (χ3n) is 4.18. The summed E-state index contributed by atoms with van der Waals surface area (Å²) in [5, 5.41) is 9.25. The van der Waals surface area contributed by atoms with Gasteiger partial charge >= 0.3 is 0 Å². The van der Waals surface area contributed by atoms with Crippen molar-refractivity contribution < 1.29 is 9.59 Å². The van der Waals surface area contributed by atoms with E-state index in [1.165, 1.54) is 31.5 Å². The molecule has 0 saturated heterocycles. The Morgan fingerprint density at radius 3 is 2.74 bits per heavy atom. The number of aliphatic imine (C=N–C) groups is 1. The Labute approximate surface area is 118 Å². The molecule has 0 aromatic rings. The molecule has 3 nitrogen and oxygen atoms in total. The van der Waals surface area contributed by atoms with Crippen molar-refractivity contribution in [2.45, 2.75) is 52.4 Å². The number of rotatable bonds is 10. The fraction of sp³-hybridized carbons (Fsp3) is 0.812. The number of hydrogen-bond donors (Lipinski definition) is 1. The highest BCUT2D eigenvalue weighted by Gasteiger charge is 2.35. The van der Waals surface area contributed by atoms with E-state index in [2.05, 4.69) is 31.0 Å². The van der Waals surface area contributed by atoms with Gasteiger partial charge in [0, 0.05) is 6.42 Å². The van der Waals surface area contributed by atoms with Crippen LogP contribution in [0.25, 0.3) is 0 Å². The van der Waals surface area contributed by atoms with Gasteiger partial charge in [0.05, 0.1) is 19.7 Å². The van der Waals surface area contributed by atoms with Crippen molar-refractivity contribution in [3.63, 3.8) is 0 Å². The number of unbranched alkanes of at least 4 members (excludes halogenated alkanes) is 3. The van der Waals surface area contributed by atoms with Crippen LogP contribution in [0.2, 0.25) is 0 Å². The molecule has 19 heavy (non-hydrogen) atoms. The van der Waals surface area contributed by atoms with Crippen molar-refractivity contribution in [1.29, 1.82) is 0 Å². The SMILES string of the molecule is CC/C=C/CCCCCC1=NCC[N+]1(CC)CCO. The molecular weight excluding hydrogens is 236 g/mol. The van der Waals surface area contributed by atoms with Gasteiger partial charge in [0.25, 0.3) is 0 Å². The summed E-state index contributed by atoms with van der Waals surface area (Å²) in [7, 11) is 0. The highest BCUT2D eigenvalue weighted by atomic mass is 16.3. The van der Waals surface area contributed by atoms with Gasteiger partial charge in [-0.15, -0.1) is 0 Å². The minimum atomic E-state index is 0.272. The molecule has 1 rings (SSSR count). The van der Waals surface area contributed by atoms with Crippen LogP contribution in [0.15, 0.2) is 17.1 Å². The highest BCUT2D eigenvalue weighted by Crippen LogP contribution is 2.19. The molecular formula is C16H31N2O+. The second kappa shape index (κ2) is 9.27. The smallest absolute Gasteiger partial charge is 0.198 e. The first-order chi connectivity index (χ1) is 9.29. The van der Waals surface area contributed by atoms with E-state index in [0.717, 1.165) is 43.5 Å². The quantitative estimate of drug-likeness (QED) is 0.368. The number of aliphatic hydroxyl groups is 1. The maximum atomic E-state index is 9.25. The van der Waals surface area contributed by atoms with Crippen molar-refractivity contribution in [3.05, 3.63) is 12.2 Å². The zero-order valence-corrected chi connectivity index (χ0v) is 12.8. The highest BCUT2D eigenvalue weighted by molar-refractivity contribution is 5.76. The normalized spacial score (nSPS) is 23.2. The molecule has 1 aliphatic rings. The number of likely N-dealkylation sites (N-methyl/N-ethyl adjacent to an activating group) is 1. The minimum absolute atomic E-state index is 0.272. The van der Waals surface area contributed by atoms with E-state index in [0.29, 0.717) is 0 Å². The Morgan fingerprint density at radius 2 is 2.05 bits per heavy atom. The van der Waals surface area contributed by atoms with Crippen molar-refractivity contribution in [2.75, 3.05) is 32.8 Å². The number of aliphatic hydroxyl groups excluding tert-OH is 1. The summed E-state index contributed by atoms with van der Waals surface area (Å²) in [5.41, 5.74) is 0. The zero-order valence-electron chi connectivity index (χ0n) is 12.8. The minimum Gasteiger partial charge on any atom is -0.390 e. The lowest BCUT2D eigenvalue weighted by molar-refractivity contribution is -0.835. The average Bonchev–Trinajstić information content (AvgIpc) is 2.82. The summed E-state index contributed by atoms with van der Waals surface area (Å²) >= 11 is 0. The Kier molecular flexibility index (Phi) is 7.99. The lowest BCUT2D eigenvalue weighted by Gasteiger charge is -2.33. The lowest BCUT2D eigenvalue weighted by Crippen LogP contribution is -2.52. The third kappa shape index (κ3) is 5.07. The molecule has 110 valence electrons. The zero-order chi connectivity index (χ0) is 14.0. The molecule has 0 aromatic carbocycles. The summed E-state index contributed by atoms with van der Waals surface area (Å²) in [6, 6.07) is 0. The van der Waals surface area contributed by atoms with Gasteiger partial charge in [-0.2, -0.15) is 0 Å². The van der Waals surface area contributed by atoms with E-state index in [-0.39, 0.29) is 6.61 Å². The second-order valence-corrected chi connectivity index (χ2v) is 5.41. The Bertz CT molecular complexity index is 299. The van der Waals surface area contributed by atoms with Crippen molar-refractivity contribution in [1.82, 2.24) is 0 Å². The summed E-state index contributed by atoms with van der Waals surface area (Å²) < 4.78 is 0.937. The molecule has 0 aromatic heterocycles. The van der Waals surface area contributed by atoms with Crippen LogP contribution in [0.1, 0.15) is 52.4 Å². The first-order valence-electron chi connectivity index (χ1n) is 7.95. The average molecular weight is 267 g/mol. The predicted molar refractivity (Wildman–Crippen MR) is 82.4 cm³/mol. The van der Waals surface area contributed by atoms with Crippen LogP contribution >= 0.6 is 0 Å². The Morgan fingerprint density at radius 1 is 1.21 bits per heavy atom. The van der Waals surface area contributed by atoms with Crippen molar-refractivity contribution in [3.8, 4) is 0 Å². The van der Waals surface area contributed by atoms with Crippen LogP contribution in [0.4, 0.5) is 0 Å². The fourth-order valence-electron chi connectivity index (χ4n) is 2.90. The van der Waals surface area contributed by atoms with Gasteiger partial charge in [0.1, 0.15) is 13.1 Å². The lowest BCUT2D eigenvalue weighted by atomic mass is 10.1. The summed E-state index contributed by atoms with van der Waals surface area (Å²) in [5.74, 6) is 1.33. The molecule has 0 spiro atoms. The van der Waals surface area contributed by atoms with Crippen LogP contribution in [0, 0.1) is 0 Å². The van der Waals surface area contributed by atoms with Gasteiger partial charge in [0.2, 0.25) is 0 Å². The maximum Gasteiger partial charge on any atom is 0.198 e. The first-order valence-corrected chi connectivity index (χ1v) is 7.95. The van der Waals surface area contributed by atoms with Gasteiger partial charge in [-0.25, -0.2) is 4.99 Å². The molecule has 0 fully saturated rings. The third-order valence-corrected chi connectivity index (χ3v) is 4.18. The van der Waals surface area contributed by atoms with Gasteiger partial charge in [-0.05, 0) is 32.6 Å². The largest absolute Gasteiger partial charge is 0.390 e. The molecule has 1 aliphatic heterocycles. The number of quaternary nitrogens is 1. The van der Waals surface area contributed by atoms with E-state index in [1.807, 2.05) is 0 Å². The van der Waals surface area contributed by atoms with Crippen LogP contribution < -0.4 is 0 Å². The van der Waals surface area contributed by atoms with Crippen LogP contribution in [0.3, 0.4) is 0 Å². The standard InChI is InChI=1S/C16H31N2O/c1-3-5-6-7-8-9-10-11-16-17-12-13-18(16,4-2)14-15-19/h5-6,19H,3-4,7-15H2,1-2H3/q+1/b6-5+. The van der Waals surface area contributed by atoms with E-state index in [4.69, 9.17) is 0 Å². The molecule has 1 atom stereocenters. The van der Waals surface area contributed by atoms with Gasteiger partial charge in [0.15, 0.2) is 5.84 Å². The molecule has 0 aliphatic carbocycles. The van der Waals surface area contributed by atoms with Gasteiger partial charge < -0.3 is 5.11 Å². The molecule has 0 saturated carbocycles. The second-order valence-electron chi connectivity index (χ2n) is 5.41. The van der Waals surface area contributed by atoms with Crippen LogP contribution in [-0.4, -0.2) is 48.2 Å². The Hall–Kier alpha value is -0.670. The monoisotopic (exact) mass is 267 g/mol. The summed E-state index contributed by atoms with van der Waals surface area (Å²) in [6.07, 6.45) is 11.8. The molecule has 1 heterocycles. The molecule has 1 N–H and O–H groups in total. The topological polar surface area (TPSA) is 32.6 Å². The Balaban J connectivity index is 2.26. The van der Waals surface area contributed by atoms with Gasteiger partial charge in [-0.1, -0.05) is 25.5 Å². The fourth-order valence-corrected chi connectivity index (χ4v) is 2.90. The van der Waals surface area contributed by atoms with Gasteiger partial charge in [-0.3, -0.25) is 4.48 Å². The number of allylic oxidation sites excluding steroid dienone is 2. The van der Waals surface area contributed by atoms with Crippen LogP contribution in [0.5, 0.6) is 0 Å².